The second kappa shape index (κ2) is 13.6. The van der Waals surface area contributed by atoms with Crippen LogP contribution in [-0.2, 0) is 17.9 Å². The van der Waals surface area contributed by atoms with Crippen LogP contribution < -0.4 is 16.0 Å². The minimum atomic E-state index is 0.515. The first kappa shape index (κ1) is 27.1. The second-order valence-corrected chi connectivity index (χ2v) is 9.23. The van der Waals surface area contributed by atoms with Crippen LogP contribution in [0.1, 0.15) is 11.1 Å². The Morgan fingerprint density at radius 3 is 1.88 bits per heavy atom. The van der Waals surface area contributed by atoms with Gasteiger partial charge in [0.1, 0.15) is 17.9 Å². The van der Waals surface area contributed by atoms with Gasteiger partial charge in [-0.2, -0.15) is 0 Å². The molecule has 6 rings (SSSR count). The molecule has 0 aliphatic heterocycles. The summed E-state index contributed by atoms with van der Waals surface area (Å²) < 4.78 is 6.26. The molecule has 0 atom stereocenters. The van der Waals surface area contributed by atoms with Gasteiger partial charge in [0.25, 0.3) is 0 Å². The van der Waals surface area contributed by atoms with E-state index in [1.54, 1.807) is 0 Å². The molecule has 41 heavy (non-hydrogen) atoms. The molecule has 204 valence electrons. The first-order valence-electron chi connectivity index (χ1n) is 13.4. The molecule has 0 aliphatic carbocycles. The molecule has 6 aromatic rings. The maximum Gasteiger partial charge on any atom is 0.232 e. The van der Waals surface area contributed by atoms with Crippen LogP contribution >= 0.6 is 0 Å². The van der Waals surface area contributed by atoms with E-state index in [0.29, 0.717) is 25.2 Å². The van der Waals surface area contributed by atoms with Crippen LogP contribution in [0.25, 0.3) is 33.6 Å². The Balaban J connectivity index is 0.000000365. The average Bonchev–Trinajstić information content (AvgIpc) is 3.45. The zero-order valence-electron chi connectivity index (χ0n) is 22.7. The van der Waals surface area contributed by atoms with Gasteiger partial charge in [-0.3, -0.25) is 4.79 Å². The summed E-state index contributed by atoms with van der Waals surface area (Å²) >= 11 is 0. The summed E-state index contributed by atoms with van der Waals surface area (Å²) in [5, 5.41) is 10.0. The number of hydrogen-bond acceptors (Lipinski definition) is 6. The molecule has 7 heteroatoms. The van der Waals surface area contributed by atoms with Gasteiger partial charge >= 0.3 is 0 Å². The van der Waals surface area contributed by atoms with Crippen molar-refractivity contribution in [3.63, 3.8) is 0 Å². The lowest BCUT2D eigenvalue weighted by molar-refractivity contribution is -0.109. The van der Waals surface area contributed by atoms with Crippen molar-refractivity contribution in [2.24, 2.45) is 0 Å². The van der Waals surface area contributed by atoms with E-state index in [-0.39, 0.29) is 0 Å². The molecule has 0 spiro atoms. The van der Waals surface area contributed by atoms with Gasteiger partial charge < -0.3 is 20.4 Å². The number of fused-ring (bicyclic) bond motifs is 1. The van der Waals surface area contributed by atoms with E-state index in [0.717, 1.165) is 50.5 Å². The topological polar surface area (TPSA) is 92.1 Å². The summed E-state index contributed by atoms with van der Waals surface area (Å²) in [4.78, 5) is 19.5. The fourth-order valence-corrected chi connectivity index (χ4v) is 4.47. The third-order valence-electron chi connectivity index (χ3n) is 6.52. The van der Waals surface area contributed by atoms with E-state index in [1.807, 2.05) is 110 Å². The number of hydrogen-bond donors (Lipinski definition) is 3. The van der Waals surface area contributed by atoms with E-state index in [1.165, 1.54) is 6.33 Å². The van der Waals surface area contributed by atoms with E-state index in [9.17, 15) is 4.79 Å². The summed E-state index contributed by atoms with van der Waals surface area (Å²) in [6, 6.07) is 38.4. The summed E-state index contributed by atoms with van der Waals surface area (Å²) in [5.41, 5.74) is 6.84. The van der Waals surface area contributed by atoms with Crippen molar-refractivity contribution in [1.29, 1.82) is 0 Å². The molecule has 2 heterocycles. The maximum atomic E-state index is 10.5. The standard InChI is InChI=1S/C27H22N4O2.C7H9N/c32-18-28-15-19-11-13-20(14-12-19)16-29-26-24-23(21-7-3-1-4-8-21)25(22-9-5-2-6-10-22)33-27(24)31-17-30-26;1-8-7-5-3-2-4-6-7/h1-14,17-18H,15-16H2,(H,28,32)(H,29,30,31);2-6,8H,1H3. The lowest BCUT2D eigenvalue weighted by atomic mass is 9.99. The van der Waals surface area contributed by atoms with Crippen molar-refractivity contribution in [2.45, 2.75) is 13.1 Å². The maximum absolute atomic E-state index is 10.5. The van der Waals surface area contributed by atoms with Crippen molar-refractivity contribution < 1.29 is 9.21 Å². The zero-order chi connectivity index (χ0) is 28.3. The monoisotopic (exact) mass is 541 g/mol. The summed E-state index contributed by atoms with van der Waals surface area (Å²) in [5.74, 6) is 1.49. The molecular weight excluding hydrogens is 510 g/mol. The Kier molecular flexibility index (Phi) is 8.99. The molecule has 0 saturated heterocycles. The molecule has 3 N–H and O–H groups in total. The number of benzene rings is 4. The normalized spacial score (nSPS) is 10.4. The molecule has 0 radical (unpaired) electrons. The molecule has 0 saturated carbocycles. The van der Waals surface area contributed by atoms with Crippen LogP contribution in [-0.4, -0.2) is 23.4 Å². The van der Waals surface area contributed by atoms with Crippen molar-refractivity contribution >= 4 is 29.0 Å². The Labute approximate surface area is 239 Å². The van der Waals surface area contributed by atoms with Gasteiger partial charge in [-0.15, -0.1) is 0 Å². The Morgan fingerprint density at radius 2 is 1.29 bits per heavy atom. The molecule has 7 nitrogen and oxygen atoms in total. The number of furan rings is 1. The highest BCUT2D eigenvalue weighted by Crippen LogP contribution is 2.42. The molecule has 0 unspecified atom stereocenters. The fourth-order valence-electron chi connectivity index (χ4n) is 4.47. The van der Waals surface area contributed by atoms with Crippen LogP contribution in [0.15, 0.2) is 126 Å². The van der Waals surface area contributed by atoms with E-state index >= 15 is 0 Å². The highest BCUT2D eigenvalue weighted by Gasteiger charge is 2.21. The Hall–Kier alpha value is -5.43. The number of aromatic nitrogens is 2. The van der Waals surface area contributed by atoms with Gasteiger partial charge in [0, 0.05) is 37.0 Å². The van der Waals surface area contributed by atoms with Crippen LogP contribution in [0.3, 0.4) is 0 Å². The van der Waals surface area contributed by atoms with Crippen molar-refractivity contribution in [1.82, 2.24) is 15.3 Å². The Morgan fingerprint density at radius 1 is 0.707 bits per heavy atom. The van der Waals surface area contributed by atoms with Gasteiger partial charge in [-0.1, -0.05) is 103 Å². The number of para-hydroxylation sites is 1. The number of rotatable bonds is 9. The highest BCUT2D eigenvalue weighted by molar-refractivity contribution is 6.05. The van der Waals surface area contributed by atoms with Crippen molar-refractivity contribution in [3.8, 4) is 22.5 Å². The third-order valence-corrected chi connectivity index (χ3v) is 6.52. The van der Waals surface area contributed by atoms with Crippen molar-refractivity contribution in [2.75, 3.05) is 17.7 Å². The lowest BCUT2D eigenvalue weighted by Gasteiger charge is -2.09. The summed E-state index contributed by atoms with van der Waals surface area (Å²) in [6.45, 7) is 1.11. The molecule has 2 aromatic heterocycles. The number of nitrogens with one attached hydrogen (secondary N) is 3. The minimum Gasteiger partial charge on any atom is -0.437 e. The molecule has 4 aromatic carbocycles. The van der Waals surface area contributed by atoms with Gasteiger partial charge in [0.15, 0.2) is 0 Å². The summed E-state index contributed by atoms with van der Waals surface area (Å²) in [6.07, 6.45) is 2.22. The first-order chi connectivity index (χ1) is 20.3. The summed E-state index contributed by atoms with van der Waals surface area (Å²) in [7, 11) is 1.91. The van der Waals surface area contributed by atoms with Crippen LogP contribution in [0.2, 0.25) is 0 Å². The lowest BCUT2D eigenvalue weighted by Crippen LogP contribution is -2.09. The van der Waals surface area contributed by atoms with Gasteiger partial charge in [0.05, 0.1) is 5.39 Å². The number of carbonyl (C=O) groups is 1. The predicted molar refractivity (Wildman–Crippen MR) is 165 cm³/mol. The Bertz CT molecular complexity index is 1670. The first-order valence-corrected chi connectivity index (χ1v) is 13.4. The predicted octanol–water partition coefficient (Wildman–Crippen LogP) is 7.14. The van der Waals surface area contributed by atoms with Crippen LogP contribution in [0.4, 0.5) is 11.5 Å². The third kappa shape index (κ3) is 6.78. The number of carbonyl (C=O) groups excluding carboxylic acids is 1. The van der Waals surface area contributed by atoms with Crippen LogP contribution in [0.5, 0.6) is 0 Å². The SMILES string of the molecule is CNc1ccccc1.O=CNCc1ccc(CNc2ncnc3oc(-c4ccccc4)c(-c4ccccc4)c23)cc1. The minimum absolute atomic E-state index is 0.515. The molecule has 1 amide bonds. The number of nitrogens with zero attached hydrogens (tertiary/aromatic N) is 2. The number of anilines is 2. The molecule has 0 fully saturated rings. The van der Waals surface area contributed by atoms with Gasteiger partial charge in [-0.05, 0) is 28.8 Å². The van der Waals surface area contributed by atoms with E-state index in [2.05, 4.69) is 38.1 Å². The largest absolute Gasteiger partial charge is 0.437 e. The van der Waals surface area contributed by atoms with Crippen LogP contribution in [0, 0.1) is 0 Å². The van der Waals surface area contributed by atoms with Gasteiger partial charge in [0.2, 0.25) is 12.1 Å². The smallest absolute Gasteiger partial charge is 0.232 e. The molecular formula is C34H31N5O2. The van der Waals surface area contributed by atoms with E-state index in [4.69, 9.17) is 4.42 Å². The quantitative estimate of drug-likeness (QED) is 0.169. The molecule has 0 bridgehead atoms. The zero-order valence-corrected chi connectivity index (χ0v) is 22.7. The van der Waals surface area contributed by atoms with Gasteiger partial charge in [-0.25, -0.2) is 9.97 Å². The second-order valence-electron chi connectivity index (χ2n) is 9.23. The number of amides is 1. The average molecular weight is 542 g/mol. The van der Waals surface area contributed by atoms with Crippen molar-refractivity contribution in [3.05, 3.63) is 133 Å². The molecule has 0 aliphatic rings. The highest BCUT2D eigenvalue weighted by atomic mass is 16.3. The fraction of sp³-hybridized carbons (Fsp3) is 0.0882. The van der Waals surface area contributed by atoms with E-state index < -0.39 is 0 Å².